The van der Waals surface area contributed by atoms with E-state index in [2.05, 4.69) is 23.4 Å². The van der Waals surface area contributed by atoms with Gasteiger partial charge < -0.3 is 14.2 Å². The van der Waals surface area contributed by atoms with Crippen LogP contribution in [0.25, 0.3) is 0 Å². The standard InChI is InChI=1S/C14H23N3O2/c1-4-19-10-12(18)17-8-5-7-16-9-6-15-14(16)13(17)11(2)3/h6,9,11,13H,4-5,7-8,10H2,1-3H3. The minimum absolute atomic E-state index is 0.0467. The first-order valence-corrected chi connectivity index (χ1v) is 7.03. The second-order valence-corrected chi connectivity index (χ2v) is 5.25. The number of aryl methyl sites for hydroxylation is 1. The third-order valence-electron chi connectivity index (χ3n) is 3.53. The fraction of sp³-hybridized carbons (Fsp3) is 0.714. The largest absolute Gasteiger partial charge is 0.372 e. The fourth-order valence-electron chi connectivity index (χ4n) is 2.68. The van der Waals surface area contributed by atoms with E-state index in [0.29, 0.717) is 12.5 Å². The second-order valence-electron chi connectivity index (χ2n) is 5.25. The summed E-state index contributed by atoms with van der Waals surface area (Å²) in [5, 5.41) is 0. The van der Waals surface area contributed by atoms with Crippen molar-refractivity contribution >= 4 is 5.91 Å². The van der Waals surface area contributed by atoms with Crippen LogP contribution >= 0.6 is 0 Å². The van der Waals surface area contributed by atoms with Crippen LogP contribution in [0.3, 0.4) is 0 Å². The number of carbonyl (C=O) groups excluding carboxylic acids is 1. The highest BCUT2D eigenvalue weighted by Crippen LogP contribution is 2.30. The van der Waals surface area contributed by atoms with Crippen LogP contribution in [-0.4, -0.2) is 40.1 Å². The van der Waals surface area contributed by atoms with Gasteiger partial charge in [-0.15, -0.1) is 0 Å². The lowest BCUT2D eigenvalue weighted by Gasteiger charge is -2.32. The lowest BCUT2D eigenvalue weighted by Crippen LogP contribution is -2.40. The van der Waals surface area contributed by atoms with E-state index in [4.69, 9.17) is 4.74 Å². The molecule has 1 aromatic rings. The summed E-state index contributed by atoms with van der Waals surface area (Å²) in [4.78, 5) is 18.7. The van der Waals surface area contributed by atoms with Crippen molar-refractivity contribution in [2.45, 2.75) is 39.8 Å². The maximum absolute atomic E-state index is 12.3. The molecule has 5 nitrogen and oxygen atoms in total. The fourth-order valence-corrected chi connectivity index (χ4v) is 2.68. The molecule has 1 unspecified atom stereocenters. The average molecular weight is 265 g/mol. The summed E-state index contributed by atoms with van der Waals surface area (Å²) in [6, 6.07) is 0.0467. The first kappa shape index (κ1) is 14.1. The topological polar surface area (TPSA) is 47.4 Å². The Kier molecular flexibility index (Phi) is 4.58. The number of aromatic nitrogens is 2. The van der Waals surface area contributed by atoms with Crippen LogP contribution in [-0.2, 0) is 16.1 Å². The van der Waals surface area contributed by atoms with Gasteiger partial charge in [0.25, 0.3) is 0 Å². The van der Waals surface area contributed by atoms with Gasteiger partial charge in [0.2, 0.25) is 5.91 Å². The highest BCUT2D eigenvalue weighted by molar-refractivity contribution is 5.78. The summed E-state index contributed by atoms with van der Waals surface area (Å²) < 4.78 is 7.43. The molecule has 19 heavy (non-hydrogen) atoms. The lowest BCUT2D eigenvalue weighted by atomic mass is 10.0. The van der Waals surface area contributed by atoms with E-state index in [-0.39, 0.29) is 18.6 Å². The molecule has 1 amide bonds. The second kappa shape index (κ2) is 6.19. The van der Waals surface area contributed by atoms with Crippen LogP contribution in [0.2, 0.25) is 0 Å². The number of fused-ring (bicyclic) bond motifs is 1. The van der Waals surface area contributed by atoms with Gasteiger partial charge in [-0.05, 0) is 19.3 Å². The molecule has 0 saturated carbocycles. The molecular formula is C14H23N3O2. The van der Waals surface area contributed by atoms with Crippen molar-refractivity contribution in [3.05, 3.63) is 18.2 Å². The number of ether oxygens (including phenoxy) is 1. The highest BCUT2D eigenvalue weighted by Gasteiger charge is 2.32. The van der Waals surface area contributed by atoms with Crippen molar-refractivity contribution in [1.29, 1.82) is 0 Å². The molecule has 0 aromatic carbocycles. The minimum atomic E-state index is 0.0467. The molecule has 5 heteroatoms. The van der Waals surface area contributed by atoms with Gasteiger partial charge in [-0.2, -0.15) is 0 Å². The van der Waals surface area contributed by atoms with Gasteiger partial charge in [0, 0.05) is 32.1 Å². The first-order chi connectivity index (χ1) is 9.15. The zero-order valence-electron chi connectivity index (χ0n) is 12.0. The van der Waals surface area contributed by atoms with Crippen LogP contribution in [0.15, 0.2) is 12.4 Å². The Morgan fingerprint density at radius 1 is 1.53 bits per heavy atom. The Balaban J connectivity index is 2.24. The number of amides is 1. The number of nitrogens with zero attached hydrogens (tertiary/aromatic N) is 3. The minimum Gasteiger partial charge on any atom is -0.372 e. The zero-order valence-corrected chi connectivity index (χ0v) is 12.0. The molecule has 1 aromatic heterocycles. The van der Waals surface area contributed by atoms with Crippen molar-refractivity contribution in [1.82, 2.24) is 14.5 Å². The SMILES string of the molecule is CCOCC(=O)N1CCCn2ccnc2C1C(C)C. The van der Waals surface area contributed by atoms with Gasteiger partial charge in [-0.25, -0.2) is 4.98 Å². The summed E-state index contributed by atoms with van der Waals surface area (Å²) in [5.41, 5.74) is 0. The van der Waals surface area contributed by atoms with E-state index in [9.17, 15) is 4.79 Å². The third-order valence-corrected chi connectivity index (χ3v) is 3.53. The Bertz CT molecular complexity index is 428. The molecule has 0 bridgehead atoms. The van der Waals surface area contributed by atoms with E-state index in [1.807, 2.05) is 24.2 Å². The zero-order chi connectivity index (χ0) is 13.8. The van der Waals surface area contributed by atoms with E-state index in [1.54, 1.807) is 0 Å². The number of rotatable bonds is 4. The summed E-state index contributed by atoms with van der Waals surface area (Å²) in [6.07, 6.45) is 4.78. The molecule has 0 N–H and O–H groups in total. The maximum Gasteiger partial charge on any atom is 0.249 e. The number of hydrogen-bond acceptors (Lipinski definition) is 3. The van der Waals surface area contributed by atoms with Gasteiger partial charge in [-0.1, -0.05) is 13.8 Å². The Hall–Kier alpha value is -1.36. The van der Waals surface area contributed by atoms with Gasteiger partial charge in [0.05, 0.1) is 6.04 Å². The van der Waals surface area contributed by atoms with Gasteiger partial charge in [0.1, 0.15) is 12.4 Å². The van der Waals surface area contributed by atoms with Crippen molar-refractivity contribution < 1.29 is 9.53 Å². The molecular weight excluding hydrogens is 242 g/mol. The number of hydrogen-bond donors (Lipinski definition) is 0. The molecule has 1 atom stereocenters. The quantitative estimate of drug-likeness (QED) is 0.834. The maximum atomic E-state index is 12.3. The van der Waals surface area contributed by atoms with E-state index in [1.165, 1.54) is 0 Å². The monoisotopic (exact) mass is 265 g/mol. The molecule has 1 aliphatic rings. The van der Waals surface area contributed by atoms with E-state index < -0.39 is 0 Å². The molecule has 0 aliphatic carbocycles. The highest BCUT2D eigenvalue weighted by atomic mass is 16.5. The number of carbonyl (C=O) groups is 1. The Morgan fingerprint density at radius 2 is 2.32 bits per heavy atom. The lowest BCUT2D eigenvalue weighted by molar-refractivity contribution is -0.139. The van der Waals surface area contributed by atoms with Crippen LogP contribution in [0.4, 0.5) is 0 Å². The molecule has 106 valence electrons. The molecule has 2 rings (SSSR count). The molecule has 2 heterocycles. The summed E-state index contributed by atoms with van der Waals surface area (Å²) in [6.45, 7) is 8.62. The van der Waals surface area contributed by atoms with Gasteiger partial charge in [-0.3, -0.25) is 4.79 Å². The van der Waals surface area contributed by atoms with Crippen molar-refractivity contribution in [3.8, 4) is 0 Å². The summed E-state index contributed by atoms with van der Waals surface area (Å²) >= 11 is 0. The van der Waals surface area contributed by atoms with Crippen LogP contribution in [0, 0.1) is 5.92 Å². The van der Waals surface area contributed by atoms with Crippen molar-refractivity contribution in [3.63, 3.8) is 0 Å². The van der Waals surface area contributed by atoms with Crippen LogP contribution in [0.5, 0.6) is 0 Å². The van der Waals surface area contributed by atoms with Crippen molar-refractivity contribution in [2.24, 2.45) is 5.92 Å². The van der Waals surface area contributed by atoms with Crippen molar-refractivity contribution in [2.75, 3.05) is 19.8 Å². The molecule has 0 spiro atoms. The summed E-state index contributed by atoms with van der Waals surface area (Å²) in [7, 11) is 0. The first-order valence-electron chi connectivity index (χ1n) is 7.03. The molecule has 0 saturated heterocycles. The summed E-state index contributed by atoms with van der Waals surface area (Å²) in [5.74, 6) is 1.40. The smallest absolute Gasteiger partial charge is 0.249 e. The van der Waals surface area contributed by atoms with Crippen LogP contribution < -0.4 is 0 Å². The average Bonchev–Trinajstić information content (AvgIpc) is 2.75. The predicted octanol–water partition coefficient (Wildman–Crippen LogP) is 1.85. The van der Waals surface area contributed by atoms with Gasteiger partial charge in [0.15, 0.2) is 0 Å². The normalized spacial score (nSPS) is 19.4. The van der Waals surface area contributed by atoms with E-state index >= 15 is 0 Å². The molecule has 0 radical (unpaired) electrons. The predicted molar refractivity (Wildman–Crippen MR) is 72.6 cm³/mol. The third kappa shape index (κ3) is 2.97. The Labute approximate surface area is 114 Å². The molecule has 0 fully saturated rings. The van der Waals surface area contributed by atoms with Gasteiger partial charge >= 0.3 is 0 Å². The molecule has 1 aliphatic heterocycles. The van der Waals surface area contributed by atoms with E-state index in [0.717, 1.165) is 25.3 Å². The number of imidazole rings is 1. The van der Waals surface area contributed by atoms with Crippen LogP contribution in [0.1, 0.15) is 39.1 Å². The Morgan fingerprint density at radius 3 is 3.00 bits per heavy atom.